The van der Waals surface area contributed by atoms with E-state index in [1.165, 1.54) is 0 Å². The molecule has 0 amide bonds. The minimum absolute atomic E-state index is 0.284. The van der Waals surface area contributed by atoms with E-state index in [4.69, 9.17) is 9.94 Å². The smallest absolute Gasteiger partial charge is 0.119 e. The Morgan fingerprint density at radius 2 is 1.78 bits per heavy atom. The lowest BCUT2D eigenvalue weighted by Crippen LogP contribution is -2.34. The number of nitrogens with zero attached hydrogens (tertiary/aromatic N) is 1. The quantitative estimate of drug-likeness (QED) is 0.464. The third-order valence-electron chi connectivity index (χ3n) is 3.25. The van der Waals surface area contributed by atoms with Crippen molar-refractivity contribution in [3.8, 4) is 5.75 Å². The normalized spacial score (nSPS) is 12.6. The van der Waals surface area contributed by atoms with E-state index < -0.39 is 5.60 Å². The molecule has 0 spiro atoms. The Bertz CT molecular complexity index is 394. The zero-order valence-corrected chi connectivity index (χ0v) is 11.2. The fourth-order valence-corrected chi connectivity index (χ4v) is 1.52. The molecule has 0 aliphatic rings. The highest BCUT2D eigenvalue weighted by atomic mass is 16.5. The first-order valence-corrected chi connectivity index (χ1v) is 6.19. The Hall–Kier alpha value is -1.55. The summed E-state index contributed by atoms with van der Waals surface area (Å²) in [7, 11) is 0. The van der Waals surface area contributed by atoms with E-state index in [0.29, 0.717) is 24.3 Å². The van der Waals surface area contributed by atoms with E-state index in [1.54, 1.807) is 19.1 Å². The summed E-state index contributed by atoms with van der Waals surface area (Å²) in [6, 6.07) is 7.24. The fourth-order valence-electron chi connectivity index (χ4n) is 1.52. The number of hydrogen-bond acceptors (Lipinski definition) is 4. The standard InChI is InChI=1S/C14H21NO3/c1-4-14(16,5-2)10-18-13-8-6-12(7-9-13)11(3)15-17/h6-9,16-17H,4-5,10H2,1-3H3/b15-11+. The Morgan fingerprint density at radius 1 is 1.22 bits per heavy atom. The van der Waals surface area contributed by atoms with Crippen LogP contribution < -0.4 is 4.74 Å². The van der Waals surface area contributed by atoms with Crippen LogP contribution in [0.5, 0.6) is 5.75 Å². The molecule has 2 N–H and O–H groups in total. The van der Waals surface area contributed by atoms with Crippen molar-refractivity contribution in [2.24, 2.45) is 5.16 Å². The molecular weight excluding hydrogens is 230 g/mol. The van der Waals surface area contributed by atoms with Gasteiger partial charge in [0.1, 0.15) is 12.4 Å². The predicted octanol–water partition coefficient (Wildman–Crippen LogP) is 2.81. The molecule has 0 saturated heterocycles. The lowest BCUT2D eigenvalue weighted by molar-refractivity contribution is -0.0113. The molecule has 4 heteroatoms. The summed E-state index contributed by atoms with van der Waals surface area (Å²) in [5.74, 6) is 0.699. The van der Waals surface area contributed by atoms with Gasteiger partial charge in [0.2, 0.25) is 0 Å². The van der Waals surface area contributed by atoms with Crippen LogP contribution in [-0.4, -0.2) is 28.2 Å². The van der Waals surface area contributed by atoms with Crippen molar-refractivity contribution in [3.05, 3.63) is 29.8 Å². The molecule has 0 saturated carbocycles. The fraction of sp³-hybridized carbons (Fsp3) is 0.500. The highest BCUT2D eigenvalue weighted by Gasteiger charge is 2.22. The summed E-state index contributed by atoms with van der Waals surface area (Å²) in [5, 5.41) is 21.9. The first-order chi connectivity index (χ1) is 8.54. The number of aliphatic hydroxyl groups is 1. The zero-order chi connectivity index (χ0) is 13.6. The number of rotatable bonds is 6. The van der Waals surface area contributed by atoms with Gasteiger partial charge in [-0.2, -0.15) is 0 Å². The maximum Gasteiger partial charge on any atom is 0.119 e. The molecule has 1 rings (SSSR count). The van der Waals surface area contributed by atoms with Crippen molar-refractivity contribution in [3.63, 3.8) is 0 Å². The maximum atomic E-state index is 10.1. The summed E-state index contributed by atoms with van der Waals surface area (Å²) < 4.78 is 5.57. The SMILES string of the molecule is CCC(O)(CC)COc1ccc(/C(C)=N/O)cc1. The Morgan fingerprint density at radius 3 is 2.22 bits per heavy atom. The van der Waals surface area contributed by atoms with Gasteiger partial charge in [0.05, 0.1) is 11.3 Å². The second kappa shape index (κ2) is 6.40. The van der Waals surface area contributed by atoms with E-state index >= 15 is 0 Å². The van der Waals surface area contributed by atoms with Gasteiger partial charge in [-0.1, -0.05) is 19.0 Å². The van der Waals surface area contributed by atoms with E-state index in [-0.39, 0.29) is 6.61 Å². The van der Waals surface area contributed by atoms with Gasteiger partial charge in [-0.3, -0.25) is 0 Å². The van der Waals surface area contributed by atoms with Crippen LogP contribution >= 0.6 is 0 Å². The lowest BCUT2D eigenvalue weighted by atomic mass is 9.99. The van der Waals surface area contributed by atoms with Gasteiger partial charge in [-0.15, -0.1) is 0 Å². The Balaban J connectivity index is 2.65. The number of ether oxygens (including phenoxy) is 1. The van der Waals surface area contributed by atoms with Crippen LogP contribution in [0.4, 0.5) is 0 Å². The van der Waals surface area contributed by atoms with Gasteiger partial charge in [0.25, 0.3) is 0 Å². The van der Waals surface area contributed by atoms with Crippen LogP contribution in [0.25, 0.3) is 0 Å². The van der Waals surface area contributed by atoms with Crippen molar-refractivity contribution in [1.29, 1.82) is 0 Å². The van der Waals surface area contributed by atoms with Crippen molar-refractivity contribution in [1.82, 2.24) is 0 Å². The minimum atomic E-state index is -0.763. The zero-order valence-electron chi connectivity index (χ0n) is 11.2. The van der Waals surface area contributed by atoms with E-state index in [1.807, 2.05) is 26.0 Å². The number of oxime groups is 1. The number of hydrogen-bond donors (Lipinski definition) is 2. The molecule has 0 atom stereocenters. The van der Waals surface area contributed by atoms with Crippen LogP contribution in [0.15, 0.2) is 29.4 Å². The monoisotopic (exact) mass is 251 g/mol. The summed E-state index contributed by atoms with van der Waals surface area (Å²) >= 11 is 0. The highest BCUT2D eigenvalue weighted by Crippen LogP contribution is 2.19. The first kappa shape index (κ1) is 14.5. The van der Waals surface area contributed by atoms with E-state index in [2.05, 4.69) is 5.16 Å². The van der Waals surface area contributed by atoms with Crippen LogP contribution in [0.2, 0.25) is 0 Å². The van der Waals surface area contributed by atoms with Gasteiger partial charge in [-0.25, -0.2) is 0 Å². The molecule has 1 aromatic rings. The molecule has 0 bridgehead atoms. The van der Waals surface area contributed by atoms with E-state index in [0.717, 1.165) is 5.56 Å². The average Bonchev–Trinajstić information content (AvgIpc) is 2.44. The molecule has 0 aromatic heterocycles. The van der Waals surface area contributed by atoms with Gasteiger partial charge >= 0.3 is 0 Å². The van der Waals surface area contributed by atoms with Crippen molar-refractivity contribution in [2.45, 2.75) is 39.2 Å². The second-order valence-corrected chi connectivity index (χ2v) is 4.43. The van der Waals surface area contributed by atoms with Crippen LogP contribution in [0.1, 0.15) is 39.2 Å². The van der Waals surface area contributed by atoms with Crippen molar-refractivity contribution < 1.29 is 15.1 Å². The molecular formula is C14H21NO3. The summed E-state index contributed by atoms with van der Waals surface area (Å²) in [6.45, 7) is 5.89. The van der Waals surface area contributed by atoms with E-state index in [9.17, 15) is 5.11 Å². The van der Waals surface area contributed by atoms with Crippen molar-refractivity contribution in [2.75, 3.05) is 6.61 Å². The third kappa shape index (κ3) is 3.74. The first-order valence-electron chi connectivity index (χ1n) is 6.19. The molecule has 100 valence electrons. The molecule has 0 aliphatic heterocycles. The van der Waals surface area contributed by atoms with Gasteiger partial charge in [-0.05, 0) is 49.6 Å². The molecule has 0 heterocycles. The van der Waals surface area contributed by atoms with Crippen LogP contribution in [0, 0.1) is 0 Å². The maximum absolute atomic E-state index is 10.1. The highest BCUT2D eigenvalue weighted by molar-refractivity contribution is 5.98. The van der Waals surface area contributed by atoms with Gasteiger partial charge < -0.3 is 15.1 Å². The van der Waals surface area contributed by atoms with Gasteiger partial charge in [0.15, 0.2) is 0 Å². The lowest BCUT2D eigenvalue weighted by Gasteiger charge is -2.25. The average molecular weight is 251 g/mol. The molecule has 4 nitrogen and oxygen atoms in total. The third-order valence-corrected chi connectivity index (χ3v) is 3.25. The topological polar surface area (TPSA) is 62.0 Å². The largest absolute Gasteiger partial charge is 0.491 e. The summed E-state index contributed by atoms with van der Waals surface area (Å²) in [6.07, 6.45) is 1.33. The molecule has 0 radical (unpaired) electrons. The molecule has 18 heavy (non-hydrogen) atoms. The Labute approximate surface area is 108 Å². The van der Waals surface area contributed by atoms with Crippen molar-refractivity contribution >= 4 is 5.71 Å². The molecule has 0 unspecified atom stereocenters. The van der Waals surface area contributed by atoms with Crippen LogP contribution in [-0.2, 0) is 0 Å². The second-order valence-electron chi connectivity index (χ2n) is 4.43. The minimum Gasteiger partial charge on any atom is -0.491 e. The summed E-state index contributed by atoms with van der Waals surface area (Å²) in [5.41, 5.74) is 0.632. The van der Waals surface area contributed by atoms with Gasteiger partial charge in [0, 0.05) is 0 Å². The Kier molecular flexibility index (Phi) is 5.16. The summed E-state index contributed by atoms with van der Waals surface area (Å²) in [4.78, 5) is 0. The molecule has 0 fully saturated rings. The number of benzene rings is 1. The predicted molar refractivity (Wildman–Crippen MR) is 71.5 cm³/mol. The molecule has 0 aliphatic carbocycles. The molecule has 1 aromatic carbocycles. The van der Waals surface area contributed by atoms with Crippen LogP contribution in [0.3, 0.4) is 0 Å².